The third-order valence-electron chi connectivity index (χ3n) is 6.85. The molecule has 1 aromatic heterocycles. The molecule has 39 heavy (non-hydrogen) atoms. The Morgan fingerprint density at radius 1 is 1.21 bits per heavy atom. The van der Waals surface area contributed by atoms with E-state index in [1.54, 1.807) is 24.3 Å². The van der Waals surface area contributed by atoms with E-state index in [2.05, 4.69) is 23.0 Å². The van der Waals surface area contributed by atoms with Crippen molar-refractivity contribution in [1.82, 2.24) is 14.5 Å². The first-order valence-corrected chi connectivity index (χ1v) is 12.3. The summed E-state index contributed by atoms with van der Waals surface area (Å²) in [7, 11) is 1.40. The van der Waals surface area contributed by atoms with Crippen molar-refractivity contribution in [2.24, 2.45) is 0 Å². The van der Waals surface area contributed by atoms with E-state index in [0.29, 0.717) is 25.1 Å². The van der Waals surface area contributed by atoms with Gasteiger partial charge in [0.2, 0.25) is 5.88 Å². The van der Waals surface area contributed by atoms with E-state index in [0.717, 1.165) is 21.3 Å². The third-order valence-corrected chi connectivity index (χ3v) is 6.85. The Hall–Kier alpha value is -5.21. The zero-order chi connectivity index (χ0) is 27.7. The molecule has 194 valence electrons. The average Bonchev–Trinajstić information content (AvgIpc) is 3.43. The maximum atomic E-state index is 14.0. The van der Waals surface area contributed by atoms with Crippen LogP contribution in [-0.2, 0) is 0 Å². The number of phenols is 1. The van der Waals surface area contributed by atoms with Crippen LogP contribution >= 0.6 is 0 Å². The molecule has 0 spiro atoms. The minimum absolute atomic E-state index is 0.0151. The summed E-state index contributed by atoms with van der Waals surface area (Å²) in [5, 5.41) is 21.7. The number of hydrogen-bond acceptors (Lipinski definition) is 6. The van der Waals surface area contributed by atoms with E-state index < -0.39 is 22.9 Å². The van der Waals surface area contributed by atoms with Gasteiger partial charge in [0.05, 0.1) is 12.7 Å². The summed E-state index contributed by atoms with van der Waals surface area (Å²) >= 11 is 0. The van der Waals surface area contributed by atoms with Crippen molar-refractivity contribution in [2.75, 3.05) is 20.2 Å². The smallest absolute Gasteiger partial charge is 0.275 e. The van der Waals surface area contributed by atoms with Gasteiger partial charge in [-0.15, -0.1) is 6.42 Å². The molecule has 0 saturated carbocycles. The van der Waals surface area contributed by atoms with Gasteiger partial charge >= 0.3 is 0 Å². The highest BCUT2D eigenvalue weighted by atomic mass is 16.5. The van der Waals surface area contributed by atoms with E-state index in [1.165, 1.54) is 18.1 Å². The SMILES string of the molecule is C#Cc1ccccc1C1CCN(C(=O)c2c(O)nc(-c3c#ccc(C)c3)n(-c3c(O)cccc3OC)c2=O)C1. The molecular weight excluding hydrogens is 494 g/mol. The Balaban J connectivity index is 1.64. The number of amides is 1. The summed E-state index contributed by atoms with van der Waals surface area (Å²) in [5.74, 6) is 1.16. The maximum Gasteiger partial charge on any atom is 0.275 e. The molecule has 1 aliphatic heterocycles. The van der Waals surface area contributed by atoms with Gasteiger partial charge in [0.15, 0.2) is 11.4 Å². The Bertz CT molecular complexity index is 1680. The summed E-state index contributed by atoms with van der Waals surface area (Å²) < 4.78 is 6.50. The standard InChI is InChI=1S/C31H25N3O5/c1-4-20-10-5-6-12-23(20)22-15-16-33(18-22)30(37)26-29(36)32-28(21-11-7-9-19(2)17-21)34(31(26)38)27-24(35)13-8-14-25(27)39-3/h1,5-6,8-10,12-14,17,22,35-36H,15-16,18H2,2-3H3. The summed E-state index contributed by atoms with van der Waals surface area (Å²) in [6.07, 6.45) is 6.32. The van der Waals surface area contributed by atoms with Crippen LogP contribution < -0.4 is 10.3 Å². The summed E-state index contributed by atoms with van der Waals surface area (Å²) in [5.41, 5.74) is 1.47. The van der Waals surface area contributed by atoms with Crippen LogP contribution in [-0.4, -0.2) is 50.8 Å². The van der Waals surface area contributed by atoms with E-state index in [9.17, 15) is 19.8 Å². The van der Waals surface area contributed by atoms with Crippen LogP contribution in [0.1, 0.15) is 39.4 Å². The molecule has 0 radical (unpaired) electrons. The van der Waals surface area contributed by atoms with Gasteiger partial charge in [-0.25, -0.2) is 0 Å². The molecule has 2 heterocycles. The number of nitrogens with zero attached hydrogens (tertiary/aromatic N) is 3. The fourth-order valence-electron chi connectivity index (χ4n) is 4.98. The molecule has 4 aromatic rings. The fourth-order valence-corrected chi connectivity index (χ4v) is 4.98. The van der Waals surface area contributed by atoms with Gasteiger partial charge < -0.3 is 19.8 Å². The van der Waals surface area contributed by atoms with Crippen molar-refractivity contribution in [2.45, 2.75) is 19.3 Å². The predicted molar refractivity (Wildman–Crippen MR) is 145 cm³/mol. The molecule has 1 amide bonds. The first-order chi connectivity index (χ1) is 18.8. The minimum Gasteiger partial charge on any atom is -0.506 e. The number of likely N-dealkylation sites (tertiary alicyclic amines) is 1. The summed E-state index contributed by atoms with van der Waals surface area (Å²) in [6.45, 7) is 2.51. The molecule has 1 unspecified atom stereocenters. The molecule has 0 aliphatic carbocycles. The number of benzene rings is 2. The second-order valence-corrected chi connectivity index (χ2v) is 9.29. The zero-order valence-corrected chi connectivity index (χ0v) is 21.4. The maximum absolute atomic E-state index is 14.0. The van der Waals surface area contributed by atoms with Crippen LogP contribution in [0.3, 0.4) is 0 Å². The summed E-state index contributed by atoms with van der Waals surface area (Å²) in [6, 6.07) is 21.2. The number of methoxy groups -OCH3 is 1. The highest BCUT2D eigenvalue weighted by molar-refractivity contribution is 5.96. The number of phenolic OH excluding ortho intramolecular Hbond substituents is 1. The predicted octanol–water partition coefficient (Wildman–Crippen LogP) is 3.84. The van der Waals surface area contributed by atoms with Crippen molar-refractivity contribution in [1.29, 1.82) is 0 Å². The van der Waals surface area contributed by atoms with Crippen molar-refractivity contribution in [3.8, 4) is 46.8 Å². The fraction of sp³-hybridized carbons (Fsp3) is 0.194. The molecule has 8 heteroatoms. The molecule has 2 N–H and O–H groups in total. The molecule has 3 aromatic carbocycles. The third kappa shape index (κ3) is 4.54. The van der Waals surface area contributed by atoms with Crippen molar-refractivity contribution >= 4 is 5.91 Å². The average molecular weight is 520 g/mol. The zero-order valence-electron chi connectivity index (χ0n) is 21.4. The van der Waals surface area contributed by atoms with Crippen molar-refractivity contribution in [3.63, 3.8) is 0 Å². The molecule has 8 nitrogen and oxygen atoms in total. The van der Waals surface area contributed by atoms with Crippen LogP contribution in [0.2, 0.25) is 0 Å². The van der Waals surface area contributed by atoms with Gasteiger partial charge in [0, 0.05) is 24.6 Å². The van der Waals surface area contributed by atoms with Crippen molar-refractivity contribution < 1.29 is 19.7 Å². The normalized spacial score (nSPS) is 14.5. The number of terminal acetylenes is 1. The lowest BCUT2D eigenvalue weighted by atomic mass is 9.94. The number of aryl methyl sites for hydroxylation is 1. The van der Waals surface area contributed by atoms with Gasteiger partial charge in [-0.2, -0.15) is 4.98 Å². The number of hydrogen-bond donors (Lipinski definition) is 2. The lowest BCUT2D eigenvalue weighted by Crippen LogP contribution is -2.36. The van der Waals surface area contributed by atoms with E-state index in [4.69, 9.17) is 11.2 Å². The molecular formula is C31H25N3O5. The Morgan fingerprint density at radius 3 is 2.74 bits per heavy atom. The molecule has 1 fully saturated rings. The molecule has 1 atom stereocenters. The van der Waals surface area contributed by atoms with E-state index in [1.807, 2.05) is 31.2 Å². The molecule has 1 saturated heterocycles. The number of carbonyl (C=O) groups excluding carboxylic acids is 1. The highest BCUT2D eigenvalue weighted by Crippen LogP contribution is 2.35. The van der Waals surface area contributed by atoms with Crippen LogP contribution in [0, 0.1) is 31.4 Å². The molecule has 5 rings (SSSR count). The number of para-hydroxylation sites is 1. The number of carbonyl (C=O) groups is 1. The van der Waals surface area contributed by atoms with Gasteiger partial charge in [0.1, 0.15) is 17.2 Å². The van der Waals surface area contributed by atoms with Gasteiger partial charge in [-0.05, 0) is 54.8 Å². The summed E-state index contributed by atoms with van der Waals surface area (Å²) in [4.78, 5) is 33.5. The van der Waals surface area contributed by atoms with Crippen molar-refractivity contribution in [3.05, 3.63) is 99.3 Å². The van der Waals surface area contributed by atoms with Crippen LogP contribution in [0.15, 0.2) is 59.4 Å². The number of ether oxygens (including phenoxy) is 1. The Morgan fingerprint density at radius 2 is 2.00 bits per heavy atom. The lowest BCUT2D eigenvalue weighted by Gasteiger charge is -2.20. The lowest BCUT2D eigenvalue weighted by molar-refractivity contribution is 0.0784. The monoisotopic (exact) mass is 519 g/mol. The number of rotatable bonds is 5. The topological polar surface area (TPSA) is 105 Å². The molecule has 0 bridgehead atoms. The quantitative estimate of drug-likeness (QED) is 0.388. The van der Waals surface area contributed by atoms with Crippen LogP contribution in [0.5, 0.6) is 17.4 Å². The minimum atomic E-state index is -0.857. The number of aromatic hydroxyl groups is 2. The van der Waals surface area contributed by atoms with Crippen LogP contribution in [0.4, 0.5) is 0 Å². The first-order valence-electron chi connectivity index (χ1n) is 12.3. The van der Waals surface area contributed by atoms with Gasteiger partial charge in [0.25, 0.3) is 11.5 Å². The van der Waals surface area contributed by atoms with Gasteiger partial charge in [-0.3, -0.25) is 14.2 Å². The Kier molecular flexibility index (Phi) is 6.70. The second-order valence-electron chi connectivity index (χ2n) is 9.29. The van der Waals surface area contributed by atoms with Gasteiger partial charge in [-0.1, -0.05) is 42.3 Å². The van der Waals surface area contributed by atoms with Crippen LogP contribution in [0.25, 0.3) is 17.1 Å². The largest absolute Gasteiger partial charge is 0.506 e. The second kappa shape index (κ2) is 10.3. The first kappa shape index (κ1) is 25.4. The Labute approximate surface area is 225 Å². The number of aromatic nitrogens is 2. The molecule has 1 aliphatic rings. The van der Waals surface area contributed by atoms with E-state index >= 15 is 0 Å². The van der Waals surface area contributed by atoms with E-state index in [-0.39, 0.29) is 28.9 Å². The highest BCUT2D eigenvalue weighted by Gasteiger charge is 2.34.